The van der Waals surface area contributed by atoms with Crippen LogP contribution in [-0.2, 0) is 19.0 Å². The van der Waals surface area contributed by atoms with E-state index in [9.17, 15) is 4.79 Å². The van der Waals surface area contributed by atoms with Crippen molar-refractivity contribution in [3.63, 3.8) is 0 Å². The lowest BCUT2D eigenvalue weighted by Gasteiger charge is -2.14. The molecule has 1 heterocycles. The maximum atomic E-state index is 9.88. The Morgan fingerprint density at radius 2 is 2.35 bits per heavy atom. The number of carbonyl (C=O) groups excluding carboxylic acids is 1. The summed E-state index contributed by atoms with van der Waals surface area (Å²) in [5.74, 6) is 5.65. The summed E-state index contributed by atoms with van der Waals surface area (Å²) in [7, 11) is 0. The summed E-state index contributed by atoms with van der Waals surface area (Å²) in [4.78, 5) is 9.88. The molecule has 1 unspecified atom stereocenters. The predicted octanol–water partition coefficient (Wildman–Crippen LogP) is -1.06. The molecule has 0 aromatic heterocycles. The van der Waals surface area contributed by atoms with Crippen molar-refractivity contribution in [2.75, 3.05) is 33.0 Å². The first-order valence-corrected chi connectivity index (χ1v) is 5.44. The van der Waals surface area contributed by atoms with Gasteiger partial charge in [-0.1, -0.05) is 0 Å². The fraction of sp³-hybridized carbons (Fsp3) is 0.700. The zero-order valence-electron chi connectivity index (χ0n) is 9.71. The van der Waals surface area contributed by atoms with Crippen molar-refractivity contribution < 1.29 is 19.0 Å². The molecular formula is C10H19N3O4. The minimum atomic E-state index is 0.234. The maximum absolute atomic E-state index is 9.88. The Bertz CT molecular complexity index is 256. The number of ether oxygens (including phenoxy) is 3. The lowest BCUT2D eigenvalue weighted by atomic mass is 10.4. The lowest BCUT2D eigenvalue weighted by molar-refractivity contribution is -0.128. The highest BCUT2D eigenvalue weighted by molar-refractivity contribution is 5.36. The Morgan fingerprint density at radius 1 is 1.59 bits per heavy atom. The molecule has 17 heavy (non-hydrogen) atoms. The Hall–Kier alpha value is -1.31. The predicted molar refractivity (Wildman–Crippen MR) is 60.4 cm³/mol. The summed E-state index contributed by atoms with van der Waals surface area (Å²) >= 11 is 0. The van der Waals surface area contributed by atoms with Crippen molar-refractivity contribution in [2.24, 2.45) is 11.6 Å². The first-order chi connectivity index (χ1) is 8.22. The van der Waals surface area contributed by atoms with E-state index in [1.807, 2.05) is 0 Å². The third kappa shape index (κ3) is 7.56. The van der Waals surface area contributed by atoms with Crippen LogP contribution in [0, 0.1) is 0 Å². The van der Waals surface area contributed by atoms with Gasteiger partial charge in [-0.2, -0.15) is 0 Å². The number of hydrogen-bond acceptors (Lipinski definition) is 7. The molecule has 1 fully saturated rings. The van der Waals surface area contributed by atoms with Crippen LogP contribution < -0.4 is 11.6 Å². The van der Waals surface area contributed by atoms with Crippen molar-refractivity contribution in [2.45, 2.75) is 12.5 Å². The minimum absolute atomic E-state index is 0.234. The van der Waals surface area contributed by atoms with E-state index < -0.39 is 0 Å². The third-order valence-electron chi connectivity index (χ3n) is 2.05. The molecule has 0 aromatic carbocycles. The molecule has 0 aliphatic carbocycles. The third-order valence-corrected chi connectivity index (χ3v) is 2.05. The number of carbonyl (C=O) groups is 1. The molecule has 98 valence electrons. The number of hydrazine groups is 1. The SMILES string of the molecule is N/C(=C\N(N)CCCOC=O)COCC1CO1. The molecule has 4 N–H and O–H groups in total. The molecule has 1 rings (SSSR count). The van der Waals surface area contributed by atoms with E-state index in [1.54, 1.807) is 6.20 Å². The van der Waals surface area contributed by atoms with Gasteiger partial charge in [0.25, 0.3) is 6.47 Å². The summed E-state index contributed by atoms with van der Waals surface area (Å²) in [5.41, 5.74) is 6.24. The van der Waals surface area contributed by atoms with E-state index in [0.29, 0.717) is 45.0 Å². The van der Waals surface area contributed by atoms with Gasteiger partial charge in [0.15, 0.2) is 0 Å². The summed E-state index contributed by atoms with van der Waals surface area (Å²) < 4.78 is 14.8. The van der Waals surface area contributed by atoms with Crippen LogP contribution in [0.3, 0.4) is 0 Å². The fourth-order valence-electron chi connectivity index (χ4n) is 1.17. The van der Waals surface area contributed by atoms with Gasteiger partial charge in [0.05, 0.1) is 32.1 Å². The molecule has 0 amide bonds. The van der Waals surface area contributed by atoms with Crippen molar-refractivity contribution in [1.29, 1.82) is 0 Å². The standard InChI is InChI=1S/C10H19N3O4/c11-9(5-16-6-10-7-17-10)4-13(12)2-1-3-15-8-14/h4,8,10H,1-3,5-7,11-12H2/b9-4-. The van der Waals surface area contributed by atoms with Gasteiger partial charge in [0, 0.05) is 19.2 Å². The second kappa shape index (κ2) is 7.88. The normalized spacial score (nSPS) is 18.9. The molecule has 0 radical (unpaired) electrons. The van der Waals surface area contributed by atoms with Crippen molar-refractivity contribution in [3.8, 4) is 0 Å². The number of hydrogen-bond donors (Lipinski definition) is 2. The van der Waals surface area contributed by atoms with E-state index in [1.165, 1.54) is 5.01 Å². The second-order valence-electron chi connectivity index (χ2n) is 3.73. The molecule has 0 aromatic rings. The largest absolute Gasteiger partial charge is 0.468 e. The molecular weight excluding hydrogens is 226 g/mol. The van der Waals surface area contributed by atoms with Crippen molar-refractivity contribution in [1.82, 2.24) is 5.01 Å². The van der Waals surface area contributed by atoms with Crippen LogP contribution in [0.25, 0.3) is 0 Å². The summed E-state index contributed by atoms with van der Waals surface area (Å²) in [5, 5.41) is 1.44. The van der Waals surface area contributed by atoms with E-state index in [0.717, 1.165) is 6.61 Å². The number of nitrogens with two attached hydrogens (primary N) is 2. The molecule has 0 spiro atoms. The Morgan fingerprint density at radius 3 is 3.00 bits per heavy atom. The molecule has 1 aliphatic rings. The minimum Gasteiger partial charge on any atom is -0.468 e. The summed E-state index contributed by atoms with van der Waals surface area (Å²) in [6, 6.07) is 0. The van der Waals surface area contributed by atoms with Gasteiger partial charge in [-0.05, 0) is 0 Å². The van der Waals surface area contributed by atoms with E-state index in [2.05, 4.69) is 4.74 Å². The first-order valence-electron chi connectivity index (χ1n) is 5.44. The van der Waals surface area contributed by atoms with Gasteiger partial charge < -0.3 is 25.0 Å². The molecule has 1 aliphatic heterocycles. The van der Waals surface area contributed by atoms with Crippen LogP contribution in [0.4, 0.5) is 0 Å². The van der Waals surface area contributed by atoms with Gasteiger partial charge in [-0.3, -0.25) is 4.79 Å². The van der Waals surface area contributed by atoms with Crippen molar-refractivity contribution >= 4 is 6.47 Å². The highest BCUT2D eigenvalue weighted by Crippen LogP contribution is 2.08. The van der Waals surface area contributed by atoms with Gasteiger partial charge in [-0.15, -0.1) is 0 Å². The van der Waals surface area contributed by atoms with Gasteiger partial charge in [0.1, 0.15) is 6.10 Å². The Labute approximate surface area is 100 Å². The lowest BCUT2D eigenvalue weighted by Crippen LogP contribution is -2.29. The Balaban J connectivity index is 2.03. The van der Waals surface area contributed by atoms with E-state index in [-0.39, 0.29) is 6.10 Å². The van der Waals surface area contributed by atoms with Crippen molar-refractivity contribution in [3.05, 3.63) is 11.9 Å². The smallest absolute Gasteiger partial charge is 0.293 e. The van der Waals surface area contributed by atoms with Crippen LogP contribution in [0.5, 0.6) is 0 Å². The molecule has 0 saturated carbocycles. The van der Waals surface area contributed by atoms with Crippen LogP contribution in [-0.4, -0.2) is 50.6 Å². The molecule has 1 atom stereocenters. The summed E-state index contributed by atoms with van der Waals surface area (Å²) in [6.07, 6.45) is 2.49. The fourth-order valence-corrected chi connectivity index (χ4v) is 1.17. The molecule has 0 bridgehead atoms. The Kier molecular flexibility index (Phi) is 6.38. The molecule has 1 saturated heterocycles. The highest BCUT2D eigenvalue weighted by Gasteiger charge is 2.22. The van der Waals surface area contributed by atoms with Crippen LogP contribution in [0.1, 0.15) is 6.42 Å². The van der Waals surface area contributed by atoms with E-state index >= 15 is 0 Å². The zero-order valence-corrected chi connectivity index (χ0v) is 9.71. The number of rotatable bonds is 10. The molecule has 7 nitrogen and oxygen atoms in total. The maximum Gasteiger partial charge on any atom is 0.293 e. The number of epoxide rings is 1. The van der Waals surface area contributed by atoms with Crippen LogP contribution >= 0.6 is 0 Å². The second-order valence-corrected chi connectivity index (χ2v) is 3.73. The van der Waals surface area contributed by atoms with Crippen LogP contribution in [0.2, 0.25) is 0 Å². The van der Waals surface area contributed by atoms with E-state index in [4.69, 9.17) is 21.1 Å². The van der Waals surface area contributed by atoms with Gasteiger partial charge in [-0.25, -0.2) is 5.84 Å². The average molecular weight is 245 g/mol. The van der Waals surface area contributed by atoms with Crippen LogP contribution in [0.15, 0.2) is 11.9 Å². The first kappa shape index (κ1) is 13.8. The number of nitrogens with zero attached hydrogens (tertiary/aromatic N) is 1. The quantitative estimate of drug-likeness (QED) is 0.166. The average Bonchev–Trinajstić information content (AvgIpc) is 3.08. The highest BCUT2D eigenvalue weighted by atomic mass is 16.6. The van der Waals surface area contributed by atoms with Gasteiger partial charge >= 0.3 is 0 Å². The zero-order chi connectivity index (χ0) is 12.5. The molecule has 7 heteroatoms. The topological polar surface area (TPSA) is 103 Å². The summed E-state index contributed by atoms with van der Waals surface area (Å²) in [6.45, 7) is 2.98. The van der Waals surface area contributed by atoms with Gasteiger partial charge in [0.2, 0.25) is 0 Å². The monoisotopic (exact) mass is 245 g/mol.